The summed E-state index contributed by atoms with van der Waals surface area (Å²) in [6.07, 6.45) is 4.51. The van der Waals surface area contributed by atoms with Crippen LogP contribution in [0.25, 0.3) is 0 Å². The largest absolute Gasteiger partial charge is 0.381 e. The molecule has 0 aliphatic carbocycles. The lowest BCUT2D eigenvalue weighted by Crippen LogP contribution is -2.40. The number of unbranched alkanes of at least 4 members (excludes halogenated alkanes) is 1. The Hall–Kier alpha value is -0.810. The molecule has 0 saturated carbocycles. The van der Waals surface area contributed by atoms with Gasteiger partial charge in [-0.15, -0.1) is 0 Å². The first kappa shape index (κ1) is 16.2. The minimum atomic E-state index is 0.621. The molecule has 0 aromatic rings. The van der Waals surface area contributed by atoms with Crippen molar-refractivity contribution in [3.8, 4) is 0 Å². The molecule has 0 radical (unpaired) electrons. The molecule has 0 aromatic heterocycles. The number of nitrogens with one attached hydrogen (secondary N) is 2. The van der Waals surface area contributed by atoms with Gasteiger partial charge in [0.2, 0.25) is 0 Å². The maximum atomic E-state index is 5.51. The number of hydrogen-bond acceptors (Lipinski definition) is 3. The summed E-state index contributed by atoms with van der Waals surface area (Å²) in [5.41, 5.74) is 0. The number of guanidine groups is 1. The molecule has 1 aliphatic heterocycles. The summed E-state index contributed by atoms with van der Waals surface area (Å²) < 4.78 is 10.9. The second kappa shape index (κ2) is 11.1. The van der Waals surface area contributed by atoms with E-state index in [-0.39, 0.29) is 0 Å². The molecule has 1 unspecified atom stereocenters. The van der Waals surface area contributed by atoms with Crippen LogP contribution in [0, 0.1) is 5.92 Å². The molecule has 5 nitrogen and oxygen atoms in total. The molecule has 0 amide bonds. The smallest absolute Gasteiger partial charge is 0.190 e. The van der Waals surface area contributed by atoms with E-state index >= 15 is 0 Å². The standard InChI is InChI=1S/C14H29N3O2/c1-3-4-8-18-9-5-7-16-14(15-2)17-11-13-6-10-19-12-13/h13H,3-12H2,1-2H3,(H2,15,16,17). The van der Waals surface area contributed by atoms with Gasteiger partial charge in [0.15, 0.2) is 5.96 Å². The lowest BCUT2D eigenvalue weighted by atomic mass is 10.1. The van der Waals surface area contributed by atoms with Crippen LogP contribution in [-0.2, 0) is 9.47 Å². The zero-order chi connectivity index (χ0) is 13.8. The van der Waals surface area contributed by atoms with Crippen LogP contribution in [0.4, 0.5) is 0 Å². The van der Waals surface area contributed by atoms with Crippen molar-refractivity contribution in [2.75, 3.05) is 46.6 Å². The third kappa shape index (κ3) is 8.06. The van der Waals surface area contributed by atoms with Gasteiger partial charge in [-0.2, -0.15) is 0 Å². The molecule has 1 aliphatic rings. The van der Waals surface area contributed by atoms with Crippen molar-refractivity contribution in [3.63, 3.8) is 0 Å². The number of aliphatic imine (C=N–C) groups is 1. The molecule has 1 atom stereocenters. The molecule has 1 saturated heterocycles. The molecule has 0 aromatic carbocycles. The van der Waals surface area contributed by atoms with Crippen molar-refractivity contribution in [1.29, 1.82) is 0 Å². The summed E-state index contributed by atoms with van der Waals surface area (Å²) in [7, 11) is 1.80. The van der Waals surface area contributed by atoms with E-state index in [1.54, 1.807) is 7.05 Å². The van der Waals surface area contributed by atoms with Crippen LogP contribution in [0.2, 0.25) is 0 Å². The van der Waals surface area contributed by atoms with Crippen molar-refractivity contribution in [2.45, 2.75) is 32.6 Å². The number of ether oxygens (including phenoxy) is 2. The van der Waals surface area contributed by atoms with Gasteiger partial charge in [0.25, 0.3) is 0 Å². The second-order valence-corrected chi connectivity index (χ2v) is 4.93. The first-order chi connectivity index (χ1) is 9.36. The third-order valence-corrected chi connectivity index (χ3v) is 3.21. The summed E-state index contributed by atoms with van der Waals surface area (Å²) in [5.74, 6) is 1.50. The summed E-state index contributed by atoms with van der Waals surface area (Å²) in [5, 5.41) is 6.64. The monoisotopic (exact) mass is 271 g/mol. The van der Waals surface area contributed by atoms with Crippen LogP contribution in [-0.4, -0.2) is 52.5 Å². The van der Waals surface area contributed by atoms with E-state index in [1.807, 2.05) is 0 Å². The van der Waals surface area contributed by atoms with E-state index in [0.29, 0.717) is 5.92 Å². The van der Waals surface area contributed by atoms with Crippen molar-refractivity contribution in [1.82, 2.24) is 10.6 Å². The van der Waals surface area contributed by atoms with Crippen molar-refractivity contribution in [2.24, 2.45) is 10.9 Å². The predicted molar refractivity (Wildman–Crippen MR) is 78.6 cm³/mol. The van der Waals surface area contributed by atoms with Crippen LogP contribution in [0.5, 0.6) is 0 Å². The van der Waals surface area contributed by atoms with Crippen LogP contribution in [0.3, 0.4) is 0 Å². The van der Waals surface area contributed by atoms with E-state index in [4.69, 9.17) is 9.47 Å². The minimum absolute atomic E-state index is 0.621. The van der Waals surface area contributed by atoms with Gasteiger partial charge in [0.1, 0.15) is 0 Å². The highest BCUT2D eigenvalue weighted by molar-refractivity contribution is 5.79. The van der Waals surface area contributed by atoms with E-state index in [2.05, 4.69) is 22.5 Å². The zero-order valence-corrected chi connectivity index (χ0v) is 12.4. The fourth-order valence-corrected chi connectivity index (χ4v) is 1.94. The molecule has 112 valence electrons. The first-order valence-electron chi connectivity index (χ1n) is 7.46. The summed E-state index contributed by atoms with van der Waals surface area (Å²) in [4.78, 5) is 4.21. The zero-order valence-electron chi connectivity index (χ0n) is 12.4. The van der Waals surface area contributed by atoms with Crippen LogP contribution < -0.4 is 10.6 Å². The molecule has 2 N–H and O–H groups in total. The molecule has 0 bridgehead atoms. The Morgan fingerprint density at radius 3 is 2.84 bits per heavy atom. The molecule has 19 heavy (non-hydrogen) atoms. The average Bonchev–Trinajstić information content (AvgIpc) is 2.94. The maximum absolute atomic E-state index is 5.51. The van der Waals surface area contributed by atoms with Crippen molar-refractivity contribution < 1.29 is 9.47 Å². The summed E-state index contributed by atoms with van der Waals surface area (Å²) in [6, 6.07) is 0. The van der Waals surface area contributed by atoms with E-state index in [0.717, 1.165) is 64.7 Å². The van der Waals surface area contributed by atoms with Gasteiger partial charge in [0, 0.05) is 45.9 Å². The van der Waals surface area contributed by atoms with Gasteiger partial charge in [-0.05, 0) is 19.3 Å². The lowest BCUT2D eigenvalue weighted by Gasteiger charge is -2.14. The van der Waals surface area contributed by atoms with Crippen molar-refractivity contribution >= 4 is 5.96 Å². The maximum Gasteiger partial charge on any atom is 0.190 e. The Morgan fingerprint density at radius 2 is 2.16 bits per heavy atom. The summed E-state index contributed by atoms with van der Waals surface area (Å²) in [6.45, 7) is 7.48. The molecule has 1 heterocycles. The topological polar surface area (TPSA) is 54.9 Å². The molecule has 1 rings (SSSR count). The summed E-state index contributed by atoms with van der Waals surface area (Å²) >= 11 is 0. The van der Waals surface area contributed by atoms with Gasteiger partial charge in [0.05, 0.1) is 6.61 Å². The van der Waals surface area contributed by atoms with Crippen LogP contribution in [0.15, 0.2) is 4.99 Å². The van der Waals surface area contributed by atoms with Gasteiger partial charge in [-0.1, -0.05) is 13.3 Å². The van der Waals surface area contributed by atoms with E-state index < -0.39 is 0 Å². The van der Waals surface area contributed by atoms with Crippen LogP contribution >= 0.6 is 0 Å². The first-order valence-corrected chi connectivity index (χ1v) is 7.46. The van der Waals surface area contributed by atoms with Gasteiger partial charge in [-0.25, -0.2) is 0 Å². The number of hydrogen-bond donors (Lipinski definition) is 2. The highest BCUT2D eigenvalue weighted by Gasteiger charge is 2.15. The Labute approximate surface area is 117 Å². The Morgan fingerprint density at radius 1 is 1.32 bits per heavy atom. The normalized spacial score (nSPS) is 19.7. The van der Waals surface area contributed by atoms with Gasteiger partial charge < -0.3 is 20.1 Å². The number of nitrogens with zero attached hydrogens (tertiary/aromatic N) is 1. The molecular weight excluding hydrogens is 242 g/mol. The Balaban J connectivity index is 1.96. The lowest BCUT2D eigenvalue weighted by molar-refractivity contribution is 0.129. The third-order valence-electron chi connectivity index (χ3n) is 3.21. The van der Waals surface area contributed by atoms with Crippen molar-refractivity contribution in [3.05, 3.63) is 0 Å². The Bertz CT molecular complexity index is 241. The van der Waals surface area contributed by atoms with Crippen LogP contribution in [0.1, 0.15) is 32.6 Å². The fraction of sp³-hybridized carbons (Fsp3) is 0.929. The highest BCUT2D eigenvalue weighted by Crippen LogP contribution is 2.10. The van der Waals surface area contributed by atoms with E-state index in [1.165, 1.54) is 6.42 Å². The predicted octanol–water partition coefficient (Wildman–Crippen LogP) is 1.39. The highest BCUT2D eigenvalue weighted by atomic mass is 16.5. The second-order valence-electron chi connectivity index (χ2n) is 4.93. The minimum Gasteiger partial charge on any atom is -0.381 e. The molecule has 1 fully saturated rings. The molecule has 5 heteroatoms. The van der Waals surface area contributed by atoms with Gasteiger partial charge in [-0.3, -0.25) is 4.99 Å². The average molecular weight is 271 g/mol. The van der Waals surface area contributed by atoms with E-state index in [9.17, 15) is 0 Å². The number of rotatable bonds is 9. The molecular formula is C14H29N3O2. The van der Waals surface area contributed by atoms with Gasteiger partial charge >= 0.3 is 0 Å². The quantitative estimate of drug-likeness (QED) is 0.378. The fourth-order valence-electron chi connectivity index (χ4n) is 1.94. The Kier molecular flexibility index (Phi) is 9.45. The molecule has 0 spiro atoms. The SMILES string of the molecule is CCCCOCCCNC(=NC)NCC1CCOC1.